The van der Waals surface area contributed by atoms with Crippen molar-refractivity contribution in [3.8, 4) is 5.75 Å². The lowest BCUT2D eigenvalue weighted by Crippen LogP contribution is -2.19. The number of benzene rings is 2. The molecule has 1 fully saturated rings. The van der Waals surface area contributed by atoms with E-state index in [4.69, 9.17) is 0 Å². The van der Waals surface area contributed by atoms with Gasteiger partial charge in [-0.3, -0.25) is 4.79 Å². The molecule has 0 radical (unpaired) electrons. The van der Waals surface area contributed by atoms with E-state index in [0.29, 0.717) is 29.1 Å². The van der Waals surface area contributed by atoms with Gasteiger partial charge in [0.05, 0.1) is 12.7 Å². The molecule has 1 saturated heterocycles. The third-order valence-electron chi connectivity index (χ3n) is 5.23. The van der Waals surface area contributed by atoms with Gasteiger partial charge in [0.2, 0.25) is 5.82 Å². The third kappa shape index (κ3) is 4.84. The van der Waals surface area contributed by atoms with Crippen molar-refractivity contribution >= 4 is 28.9 Å². The largest absolute Gasteiger partial charge is 0.491 e. The Morgan fingerprint density at radius 2 is 1.67 bits per heavy atom. The Kier molecular flexibility index (Phi) is 6.34. The normalized spacial score (nSPS) is 13.2. The molecule has 0 aliphatic carbocycles. The summed E-state index contributed by atoms with van der Waals surface area (Å²) in [4.78, 5) is 23.5. The van der Waals surface area contributed by atoms with Gasteiger partial charge in [0, 0.05) is 30.5 Å². The number of nitrogens with zero attached hydrogens (tertiary/aromatic N) is 3. The summed E-state index contributed by atoms with van der Waals surface area (Å²) in [5, 5.41) is 5.66. The lowest BCUT2D eigenvalue weighted by atomic mass is 10.1. The number of carbonyl (C=O) groups excluding carboxylic acids is 1. The first kappa shape index (κ1) is 22.4. The standard InChI is InChI=1S/C23H22F3N5O2/c1-13-27-18(12-19(28-13)31-9-3-4-10-31)29-14-5-7-15(8-6-14)30-23(32)16-11-17(24)21(26)22(33-2)20(16)25/h5-8,11-12H,3-4,9-10H2,1-2H3,(H,30,32)(H,27,28,29). The van der Waals surface area contributed by atoms with Crippen LogP contribution in [0.3, 0.4) is 0 Å². The maximum Gasteiger partial charge on any atom is 0.258 e. The molecule has 0 bridgehead atoms. The van der Waals surface area contributed by atoms with E-state index in [1.54, 1.807) is 24.3 Å². The molecule has 33 heavy (non-hydrogen) atoms. The Morgan fingerprint density at radius 3 is 2.33 bits per heavy atom. The molecule has 2 N–H and O–H groups in total. The summed E-state index contributed by atoms with van der Waals surface area (Å²) in [7, 11) is 0.988. The van der Waals surface area contributed by atoms with Gasteiger partial charge in [-0.05, 0) is 50.1 Å². The average molecular weight is 457 g/mol. The molecule has 1 aliphatic rings. The zero-order valence-corrected chi connectivity index (χ0v) is 18.1. The van der Waals surface area contributed by atoms with Gasteiger partial charge >= 0.3 is 0 Å². The molecule has 4 rings (SSSR count). The topological polar surface area (TPSA) is 79.4 Å². The molecule has 7 nitrogen and oxygen atoms in total. The molecule has 2 heterocycles. The number of rotatable bonds is 6. The van der Waals surface area contributed by atoms with Crippen molar-refractivity contribution < 1.29 is 22.7 Å². The van der Waals surface area contributed by atoms with E-state index in [1.165, 1.54) is 0 Å². The molecular weight excluding hydrogens is 435 g/mol. The van der Waals surface area contributed by atoms with E-state index >= 15 is 0 Å². The van der Waals surface area contributed by atoms with Gasteiger partial charge in [-0.15, -0.1) is 0 Å². The smallest absolute Gasteiger partial charge is 0.258 e. The summed E-state index contributed by atoms with van der Waals surface area (Å²) in [5.74, 6) is -3.89. The van der Waals surface area contributed by atoms with Gasteiger partial charge in [-0.1, -0.05) is 0 Å². The Labute approximate surface area is 188 Å². The summed E-state index contributed by atoms with van der Waals surface area (Å²) < 4.78 is 46.2. The minimum absolute atomic E-state index is 0.338. The van der Waals surface area contributed by atoms with Gasteiger partial charge in [0.25, 0.3) is 5.91 Å². The molecule has 3 aromatic rings. The average Bonchev–Trinajstić information content (AvgIpc) is 3.33. The molecule has 2 aromatic carbocycles. The van der Waals surface area contributed by atoms with Gasteiger partial charge in [0.15, 0.2) is 17.4 Å². The molecular formula is C23H22F3N5O2. The highest BCUT2D eigenvalue weighted by molar-refractivity contribution is 6.04. The van der Waals surface area contributed by atoms with Crippen LogP contribution in [-0.4, -0.2) is 36.1 Å². The fourth-order valence-corrected chi connectivity index (χ4v) is 3.63. The maximum atomic E-state index is 14.3. The quantitative estimate of drug-likeness (QED) is 0.518. The number of halogens is 3. The number of amides is 1. The number of anilines is 4. The summed E-state index contributed by atoms with van der Waals surface area (Å²) in [6.07, 6.45) is 2.28. The van der Waals surface area contributed by atoms with Gasteiger partial charge in [0.1, 0.15) is 17.5 Å². The predicted octanol–water partition coefficient (Wildman–Crippen LogP) is 4.81. The monoisotopic (exact) mass is 457 g/mol. The maximum absolute atomic E-state index is 14.3. The first-order valence-electron chi connectivity index (χ1n) is 10.4. The molecule has 1 aliphatic heterocycles. The molecule has 172 valence electrons. The van der Waals surface area contributed by atoms with Crippen molar-refractivity contribution in [2.24, 2.45) is 0 Å². The predicted molar refractivity (Wildman–Crippen MR) is 119 cm³/mol. The van der Waals surface area contributed by atoms with E-state index in [-0.39, 0.29) is 0 Å². The van der Waals surface area contributed by atoms with Crippen molar-refractivity contribution in [3.05, 3.63) is 65.2 Å². The van der Waals surface area contributed by atoms with Crippen LogP contribution in [0.1, 0.15) is 29.0 Å². The highest BCUT2D eigenvalue weighted by atomic mass is 19.2. The molecule has 10 heteroatoms. The zero-order valence-electron chi connectivity index (χ0n) is 18.1. The van der Waals surface area contributed by atoms with E-state index in [0.717, 1.165) is 38.9 Å². The summed E-state index contributed by atoms with van der Waals surface area (Å²) >= 11 is 0. The highest BCUT2D eigenvalue weighted by Crippen LogP contribution is 2.28. The van der Waals surface area contributed by atoms with Crippen LogP contribution in [0.25, 0.3) is 0 Å². The summed E-state index contributed by atoms with van der Waals surface area (Å²) in [5.41, 5.74) is 0.378. The van der Waals surface area contributed by atoms with Gasteiger partial charge in [-0.2, -0.15) is 4.39 Å². The minimum atomic E-state index is -1.49. The Balaban J connectivity index is 1.47. The summed E-state index contributed by atoms with van der Waals surface area (Å²) in [6, 6.07) is 8.95. The van der Waals surface area contributed by atoms with E-state index < -0.39 is 34.7 Å². The minimum Gasteiger partial charge on any atom is -0.491 e. The van der Waals surface area contributed by atoms with Crippen molar-refractivity contribution in [3.63, 3.8) is 0 Å². The van der Waals surface area contributed by atoms with E-state index in [9.17, 15) is 18.0 Å². The second kappa shape index (κ2) is 9.35. The van der Waals surface area contributed by atoms with E-state index in [2.05, 4.69) is 30.2 Å². The Hall–Kier alpha value is -3.82. The molecule has 1 aromatic heterocycles. The van der Waals surface area contributed by atoms with Crippen LogP contribution in [0.4, 0.5) is 36.2 Å². The number of ether oxygens (including phenoxy) is 1. The fraction of sp³-hybridized carbons (Fsp3) is 0.261. The lowest BCUT2D eigenvalue weighted by Gasteiger charge is -2.18. The highest BCUT2D eigenvalue weighted by Gasteiger charge is 2.23. The van der Waals surface area contributed by atoms with Crippen LogP contribution in [0.15, 0.2) is 36.4 Å². The van der Waals surface area contributed by atoms with Crippen LogP contribution >= 0.6 is 0 Å². The van der Waals surface area contributed by atoms with Crippen molar-refractivity contribution in [1.29, 1.82) is 0 Å². The van der Waals surface area contributed by atoms with Gasteiger partial charge in [-0.25, -0.2) is 18.7 Å². The van der Waals surface area contributed by atoms with Crippen molar-refractivity contribution in [2.45, 2.75) is 19.8 Å². The second-order valence-corrected chi connectivity index (χ2v) is 7.58. The van der Waals surface area contributed by atoms with E-state index in [1.807, 2.05) is 13.0 Å². The van der Waals surface area contributed by atoms with Crippen LogP contribution in [-0.2, 0) is 0 Å². The zero-order chi connectivity index (χ0) is 23.5. The van der Waals surface area contributed by atoms with Crippen LogP contribution in [0.5, 0.6) is 5.75 Å². The summed E-state index contributed by atoms with van der Waals surface area (Å²) in [6.45, 7) is 3.76. The van der Waals surface area contributed by atoms with Crippen LogP contribution < -0.4 is 20.3 Å². The number of aromatic nitrogens is 2. The third-order valence-corrected chi connectivity index (χ3v) is 5.23. The fourth-order valence-electron chi connectivity index (χ4n) is 3.63. The first-order chi connectivity index (χ1) is 15.9. The molecule has 0 unspecified atom stereocenters. The number of hydrogen-bond donors (Lipinski definition) is 2. The van der Waals surface area contributed by atoms with Crippen molar-refractivity contribution in [1.82, 2.24) is 9.97 Å². The Morgan fingerprint density at radius 1 is 1.00 bits per heavy atom. The number of aryl methyl sites for hydroxylation is 1. The molecule has 0 spiro atoms. The molecule has 1 amide bonds. The number of carbonyl (C=O) groups is 1. The van der Waals surface area contributed by atoms with Crippen LogP contribution in [0.2, 0.25) is 0 Å². The number of nitrogens with one attached hydrogen (secondary N) is 2. The Bertz CT molecular complexity index is 1180. The second-order valence-electron chi connectivity index (χ2n) is 7.58. The van der Waals surface area contributed by atoms with Crippen molar-refractivity contribution in [2.75, 3.05) is 35.7 Å². The number of hydrogen-bond acceptors (Lipinski definition) is 6. The van der Waals surface area contributed by atoms with Crippen LogP contribution in [0, 0.1) is 24.4 Å². The van der Waals surface area contributed by atoms with Gasteiger partial charge < -0.3 is 20.3 Å². The SMILES string of the molecule is COc1c(F)c(F)cc(C(=O)Nc2ccc(Nc3cc(N4CCCC4)nc(C)n3)cc2)c1F. The molecule has 0 atom stereocenters. The molecule has 0 saturated carbocycles. The first-order valence-corrected chi connectivity index (χ1v) is 10.4. The number of methoxy groups -OCH3 is 1. The lowest BCUT2D eigenvalue weighted by molar-refractivity contribution is 0.102.